The molecule has 0 saturated heterocycles. The minimum Gasteiger partial charge on any atom is -0.481 e. The lowest BCUT2D eigenvalue weighted by Gasteiger charge is -2.16. The molecule has 8 heteroatoms. The molecule has 2 aromatic carbocycles. The van der Waals surface area contributed by atoms with Gasteiger partial charge in [0, 0.05) is 23.2 Å². The van der Waals surface area contributed by atoms with Gasteiger partial charge in [0.15, 0.2) is 17.1 Å². The predicted octanol–water partition coefficient (Wildman–Crippen LogP) is 7.12. The van der Waals surface area contributed by atoms with Crippen LogP contribution in [-0.2, 0) is 12.3 Å². The van der Waals surface area contributed by atoms with E-state index in [2.05, 4.69) is 58.3 Å². The number of halogens is 1. The molecule has 0 radical (unpaired) electrons. The van der Waals surface area contributed by atoms with Crippen molar-refractivity contribution in [3.05, 3.63) is 75.5 Å². The van der Waals surface area contributed by atoms with Gasteiger partial charge in [0.2, 0.25) is 0 Å². The molecule has 0 bridgehead atoms. The maximum Gasteiger partial charge on any atom is 0.191 e. The third kappa shape index (κ3) is 5.17. The number of benzene rings is 2. The zero-order valence-corrected chi connectivity index (χ0v) is 20.9. The Labute approximate surface area is 201 Å². The molecule has 1 unspecified atom stereocenters. The molecule has 1 atom stereocenters. The molecule has 0 saturated carbocycles. The molecule has 0 aliphatic rings. The van der Waals surface area contributed by atoms with Gasteiger partial charge in [-0.15, -0.1) is 21.5 Å². The van der Waals surface area contributed by atoms with Crippen molar-refractivity contribution < 1.29 is 4.74 Å². The topological polar surface area (TPSA) is 52.8 Å². The number of hydrogen-bond donors (Lipinski definition) is 0. The highest BCUT2D eigenvalue weighted by molar-refractivity contribution is 7.98. The standard InChI is InChI=1S/C24H25ClN4OS2/c1-5-29-22(17(4)30-21-12-16(3)8-11-20(21)25)27-28-24(29)32-14-19-13-31-23(26-19)18-9-6-15(2)7-10-18/h6-13,17H,5,14H2,1-4H3. The van der Waals surface area contributed by atoms with Crippen LogP contribution in [0.4, 0.5) is 0 Å². The number of aryl methyl sites for hydroxylation is 2. The van der Waals surface area contributed by atoms with Crippen LogP contribution in [0.25, 0.3) is 10.6 Å². The number of thioether (sulfide) groups is 1. The van der Waals surface area contributed by atoms with Gasteiger partial charge in [-0.1, -0.05) is 59.3 Å². The summed E-state index contributed by atoms with van der Waals surface area (Å²) in [7, 11) is 0. The number of nitrogens with zero attached hydrogens (tertiary/aromatic N) is 4. The van der Waals surface area contributed by atoms with Crippen molar-refractivity contribution in [3.63, 3.8) is 0 Å². The summed E-state index contributed by atoms with van der Waals surface area (Å²) < 4.78 is 8.21. The number of thiazole rings is 1. The van der Waals surface area contributed by atoms with Gasteiger partial charge in [-0.05, 0) is 45.4 Å². The molecule has 0 aliphatic carbocycles. The van der Waals surface area contributed by atoms with Gasteiger partial charge in [0.05, 0.1) is 10.7 Å². The molecular weight excluding hydrogens is 460 g/mol. The highest BCUT2D eigenvalue weighted by atomic mass is 35.5. The van der Waals surface area contributed by atoms with E-state index in [0.29, 0.717) is 10.8 Å². The molecule has 5 nitrogen and oxygen atoms in total. The fourth-order valence-electron chi connectivity index (χ4n) is 3.29. The van der Waals surface area contributed by atoms with E-state index in [4.69, 9.17) is 21.3 Å². The lowest BCUT2D eigenvalue weighted by atomic mass is 10.2. The van der Waals surface area contributed by atoms with E-state index in [9.17, 15) is 0 Å². The average Bonchev–Trinajstić information content (AvgIpc) is 3.42. The Balaban J connectivity index is 1.45. The van der Waals surface area contributed by atoms with E-state index < -0.39 is 0 Å². The quantitative estimate of drug-likeness (QED) is 0.249. The molecule has 0 aliphatic heterocycles. The summed E-state index contributed by atoms with van der Waals surface area (Å²) in [5, 5.41) is 13.4. The van der Waals surface area contributed by atoms with Crippen molar-refractivity contribution in [2.24, 2.45) is 0 Å². The van der Waals surface area contributed by atoms with Crippen LogP contribution in [0, 0.1) is 13.8 Å². The fourth-order valence-corrected chi connectivity index (χ4v) is 5.28. The van der Waals surface area contributed by atoms with Gasteiger partial charge in [-0.3, -0.25) is 0 Å². The van der Waals surface area contributed by atoms with Gasteiger partial charge in [0.1, 0.15) is 10.8 Å². The lowest BCUT2D eigenvalue weighted by molar-refractivity contribution is 0.210. The third-order valence-corrected chi connectivity index (χ3v) is 7.27. The second-order valence-corrected chi connectivity index (χ2v) is 9.79. The number of aromatic nitrogens is 4. The first kappa shape index (κ1) is 22.8. The Kier molecular flexibility index (Phi) is 7.18. The second kappa shape index (κ2) is 10.1. The molecule has 166 valence electrons. The fraction of sp³-hybridized carbons (Fsp3) is 0.292. The molecule has 0 amide bonds. The molecule has 0 fully saturated rings. The Bertz CT molecular complexity index is 1200. The molecule has 2 heterocycles. The van der Waals surface area contributed by atoms with Crippen LogP contribution >= 0.6 is 34.7 Å². The first-order valence-corrected chi connectivity index (χ1v) is 12.7. The third-order valence-electron chi connectivity index (χ3n) is 5.02. The van der Waals surface area contributed by atoms with E-state index in [1.165, 1.54) is 5.56 Å². The number of rotatable bonds is 8. The maximum absolute atomic E-state index is 6.30. The van der Waals surface area contributed by atoms with Gasteiger partial charge in [0.25, 0.3) is 0 Å². The Morgan fingerprint density at radius 2 is 1.84 bits per heavy atom. The monoisotopic (exact) mass is 484 g/mol. The van der Waals surface area contributed by atoms with Crippen LogP contribution in [0.2, 0.25) is 5.02 Å². The molecule has 4 rings (SSSR count). The predicted molar refractivity (Wildman–Crippen MR) is 133 cm³/mol. The summed E-state index contributed by atoms with van der Waals surface area (Å²) >= 11 is 9.61. The zero-order chi connectivity index (χ0) is 22.7. The van der Waals surface area contributed by atoms with Gasteiger partial charge in [-0.25, -0.2) is 4.98 Å². The van der Waals surface area contributed by atoms with Gasteiger partial charge >= 0.3 is 0 Å². The van der Waals surface area contributed by atoms with Crippen molar-refractivity contribution in [1.29, 1.82) is 0 Å². The molecule has 2 aromatic heterocycles. The molecule has 32 heavy (non-hydrogen) atoms. The van der Waals surface area contributed by atoms with E-state index in [1.54, 1.807) is 23.1 Å². The van der Waals surface area contributed by atoms with Gasteiger partial charge < -0.3 is 9.30 Å². The van der Waals surface area contributed by atoms with Crippen molar-refractivity contribution in [2.45, 2.75) is 51.3 Å². The minimum absolute atomic E-state index is 0.275. The van der Waals surface area contributed by atoms with Crippen LogP contribution < -0.4 is 4.74 Å². The summed E-state index contributed by atoms with van der Waals surface area (Å²) in [6.45, 7) is 8.91. The van der Waals surface area contributed by atoms with Crippen LogP contribution in [-0.4, -0.2) is 19.7 Å². The van der Waals surface area contributed by atoms with Crippen LogP contribution in [0.15, 0.2) is 53.0 Å². The van der Waals surface area contributed by atoms with Crippen molar-refractivity contribution in [2.75, 3.05) is 0 Å². The largest absolute Gasteiger partial charge is 0.481 e. The molecule has 0 N–H and O–H groups in total. The highest BCUT2D eigenvalue weighted by Crippen LogP contribution is 2.32. The number of hydrogen-bond acceptors (Lipinski definition) is 6. The Morgan fingerprint density at radius 3 is 2.59 bits per heavy atom. The van der Waals surface area contributed by atoms with E-state index >= 15 is 0 Å². The second-order valence-electron chi connectivity index (χ2n) is 7.58. The number of ether oxygens (including phenoxy) is 1. The summed E-state index contributed by atoms with van der Waals surface area (Å²) in [5.41, 5.74) is 4.53. The van der Waals surface area contributed by atoms with Crippen LogP contribution in [0.1, 0.15) is 42.6 Å². The summed E-state index contributed by atoms with van der Waals surface area (Å²) in [6.07, 6.45) is -0.275. The molecular formula is C24H25ClN4OS2. The van der Waals surface area contributed by atoms with Crippen LogP contribution in [0.5, 0.6) is 5.75 Å². The highest BCUT2D eigenvalue weighted by Gasteiger charge is 2.20. The van der Waals surface area contributed by atoms with E-state index in [-0.39, 0.29) is 6.10 Å². The summed E-state index contributed by atoms with van der Waals surface area (Å²) in [6, 6.07) is 14.2. The Morgan fingerprint density at radius 1 is 1.09 bits per heavy atom. The van der Waals surface area contributed by atoms with Gasteiger partial charge in [-0.2, -0.15) is 0 Å². The maximum atomic E-state index is 6.30. The SMILES string of the molecule is CCn1c(SCc2csc(-c3ccc(C)cc3)n2)nnc1C(C)Oc1cc(C)ccc1Cl. The Hall–Kier alpha value is -2.35. The van der Waals surface area contributed by atoms with Crippen molar-refractivity contribution in [3.8, 4) is 16.3 Å². The van der Waals surface area contributed by atoms with Crippen molar-refractivity contribution >= 4 is 34.7 Å². The van der Waals surface area contributed by atoms with Crippen molar-refractivity contribution in [1.82, 2.24) is 19.7 Å². The smallest absolute Gasteiger partial charge is 0.191 e. The van der Waals surface area contributed by atoms with Crippen LogP contribution in [0.3, 0.4) is 0 Å². The van der Waals surface area contributed by atoms with E-state index in [1.807, 2.05) is 32.0 Å². The summed E-state index contributed by atoms with van der Waals surface area (Å²) in [5.74, 6) is 2.18. The molecule has 0 spiro atoms. The normalized spacial score (nSPS) is 12.2. The lowest BCUT2D eigenvalue weighted by Crippen LogP contribution is -2.12. The van der Waals surface area contributed by atoms with E-state index in [0.717, 1.165) is 45.1 Å². The zero-order valence-electron chi connectivity index (χ0n) is 18.5. The first-order valence-electron chi connectivity index (χ1n) is 10.4. The first-order chi connectivity index (χ1) is 15.4. The molecule has 4 aromatic rings. The summed E-state index contributed by atoms with van der Waals surface area (Å²) in [4.78, 5) is 4.80. The average molecular weight is 485 g/mol. The minimum atomic E-state index is -0.275.